The van der Waals surface area contributed by atoms with Gasteiger partial charge in [0.15, 0.2) is 11.6 Å². The highest BCUT2D eigenvalue weighted by Crippen LogP contribution is 2.29. The van der Waals surface area contributed by atoms with Gasteiger partial charge in [0.2, 0.25) is 5.91 Å². The van der Waals surface area contributed by atoms with Crippen LogP contribution in [-0.2, 0) is 17.8 Å². The first kappa shape index (κ1) is 18.4. The molecule has 0 aliphatic heterocycles. The van der Waals surface area contributed by atoms with Crippen molar-refractivity contribution in [3.63, 3.8) is 0 Å². The molecule has 1 aliphatic carbocycles. The molecule has 1 N–H and O–H groups in total. The number of fused-ring (bicyclic) bond motifs is 1. The Kier molecular flexibility index (Phi) is 5.89. The molecule has 0 saturated heterocycles. The van der Waals surface area contributed by atoms with Crippen LogP contribution in [-0.4, -0.2) is 31.5 Å². The Labute approximate surface area is 154 Å². The van der Waals surface area contributed by atoms with E-state index in [2.05, 4.69) is 17.4 Å². The molecule has 0 radical (unpaired) electrons. The fourth-order valence-corrected chi connectivity index (χ4v) is 3.56. The monoisotopic (exact) mass is 356 g/mol. The van der Waals surface area contributed by atoms with Crippen LogP contribution in [0.5, 0.6) is 5.75 Å². The van der Waals surface area contributed by atoms with Crippen molar-refractivity contribution < 1.29 is 13.9 Å². The van der Waals surface area contributed by atoms with Crippen molar-refractivity contribution >= 4 is 5.91 Å². The standard InChI is InChI=1S/C21H25FN2O2/c1-24(13-15-10-11-20(26-2)18(22)12-15)14-21(25)23-19-9-5-7-16-6-3-4-8-17(16)19/h3-4,6,8,10-12,19H,5,7,9,13-14H2,1-2H3,(H,23,25)/t19-/m0/s1. The van der Waals surface area contributed by atoms with E-state index in [4.69, 9.17) is 4.74 Å². The molecule has 2 aromatic carbocycles. The first-order valence-electron chi connectivity index (χ1n) is 8.95. The third-order valence-electron chi connectivity index (χ3n) is 4.79. The van der Waals surface area contributed by atoms with Gasteiger partial charge in [-0.25, -0.2) is 4.39 Å². The van der Waals surface area contributed by atoms with Crippen LogP contribution in [0.15, 0.2) is 42.5 Å². The quantitative estimate of drug-likeness (QED) is 0.862. The molecular formula is C21H25FN2O2. The number of carbonyl (C=O) groups excluding carboxylic acids is 1. The molecule has 1 aliphatic rings. The zero-order valence-electron chi connectivity index (χ0n) is 15.3. The predicted octanol–water partition coefficient (Wildman–Crippen LogP) is 3.46. The zero-order chi connectivity index (χ0) is 18.5. The SMILES string of the molecule is COc1ccc(CN(C)CC(=O)N[C@H]2CCCc3ccccc32)cc1F. The Balaban J connectivity index is 1.56. The van der Waals surface area contributed by atoms with E-state index in [1.165, 1.54) is 24.3 Å². The maximum absolute atomic E-state index is 13.8. The molecule has 0 unspecified atom stereocenters. The van der Waals surface area contributed by atoms with Crippen LogP contribution in [0.3, 0.4) is 0 Å². The van der Waals surface area contributed by atoms with Crippen LogP contribution in [0.2, 0.25) is 0 Å². The molecule has 0 fully saturated rings. The number of carbonyl (C=O) groups is 1. The summed E-state index contributed by atoms with van der Waals surface area (Å²) in [5, 5.41) is 3.15. The summed E-state index contributed by atoms with van der Waals surface area (Å²) in [6, 6.07) is 13.3. The third-order valence-corrected chi connectivity index (χ3v) is 4.79. The highest BCUT2D eigenvalue weighted by molar-refractivity contribution is 5.78. The predicted molar refractivity (Wildman–Crippen MR) is 99.5 cm³/mol. The largest absolute Gasteiger partial charge is 0.494 e. The van der Waals surface area contributed by atoms with Gasteiger partial charge in [-0.05, 0) is 55.1 Å². The van der Waals surface area contributed by atoms with Gasteiger partial charge < -0.3 is 10.1 Å². The third kappa shape index (κ3) is 4.41. The van der Waals surface area contributed by atoms with Crippen LogP contribution < -0.4 is 10.1 Å². The van der Waals surface area contributed by atoms with Crippen molar-refractivity contribution in [2.24, 2.45) is 0 Å². The molecule has 1 atom stereocenters. The first-order chi connectivity index (χ1) is 12.6. The maximum Gasteiger partial charge on any atom is 0.234 e. The van der Waals surface area contributed by atoms with E-state index < -0.39 is 0 Å². The highest BCUT2D eigenvalue weighted by atomic mass is 19.1. The number of nitrogens with zero attached hydrogens (tertiary/aromatic N) is 1. The lowest BCUT2D eigenvalue weighted by molar-refractivity contribution is -0.122. The first-order valence-corrected chi connectivity index (χ1v) is 8.95. The average Bonchev–Trinajstić information content (AvgIpc) is 2.62. The number of nitrogens with one attached hydrogen (secondary N) is 1. The summed E-state index contributed by atoms with van der Waals surface area (Å²) in [7, 11) is 3.30. The number of hydrogen-bond acceptors (Lipinski definition) is 3. The smallest absolute Gasteiger partial charge is 0.234 e. The number of aryl methyl sites for hydroxylation is 1. The van der Waals surface area contributed by atoms with Gasteiger partial charge in [0.05, 0.1) is 19.7 Å². The second kappa shape index (κ2) is 8.32. The van der Waals surface area contributed by atoms with Crippen molar-refractivity contribution in [1.82, 2.24) is 10.2 Å². The number of halogens is 1. The lowest BCUT2D eigenvalue weighted by Crippen LogP contribution is -2.38. The Bertz CT molecular complexity index is 778. The lowest BCUT2D eigenvalue weighted by atomic mass is 9.88. The summed E-state index contributed by atoms with van der Waals surface area (Å²) in [6.45, 7) is 0.766. The zero-order valence-corrected chi connectivity index (χ0v) is 15.3. The second-order valence-electron chi connectivity index (χ2n) is 6.85. The average molecular weight is 356 g/mol. The molecule has 0 spiro atoms. The van der Waals surface area contributed by atoms with Gasteiger partial charge in [-0.3, -0.25) is 9.69 Å². The van der Waals surface area contributed by atoms with Crippen molar-refractivity contribution in [3.8, 4) is 5.75 Å². The topological polar surface area (TPSA) is 41.6 Å². The molecular weight excluding hydrogens is 331 g/mol. The number of likely N-dealkylation sites (N-methyl/N-ethyl adjacent to an activating group) is 1. The van der Waals surface area contributed by atoms with Crippen LogP contribution in [0.4, 0.5) is 4.39 Å². The number of benzene rings is 2. The Morgan fingerprint density at radius 2 is 2.12 bits per heavy atom. The van der Waals surface area contributed by atoms with E-state index in [1.807, 2.05) is 30.1 Å². The van der Waals surface area contributed by atoms with E-state index >= 15 is 0 Å². The minimum atomic E-state index is -0.387. The van der Waals surface area contributed by atoms with E-state index in [0.29, 0.717) is 6.54 Å². The lowest BCUT2D eigenvalue weighted by Gasteiger charge is -2.27. The van der Waals surface area contributed by atoms with E-state index in [0.717, 1.165) is 24.8 Å². The van der Waals surface area contributed by atoms with Crippen molar-refractivity contribution in [2.45, 2.75) is 31.8 Å². The van der Waals surface area contributed by atoms with Gasteiger partial charge in [-0.2, -0.15) is 0 Å². The van der Waals surface area contributed by atoms with Crippen molar-refractivity contribution in [3.05, 3.63) is 65.0 Å². The van der Waals surface area contributed by atoms with Gasteiger partial charge in [-0.15, -0.1) is 0 Å². The van der Waals surface area contributed by atoms with Crippen molar-refractivity contribution in [2.75, 3.05) is 20.7 Å². The summed E-state index contributed by atoms with van der Waals surface area (Å²) < 4.78 is 18.7. The number of methoxy groups -OCH3 is 1. The second-order valence-corrected chi connectivity index (χ2v) is 6.85. The number of amides is 1. The maximum atomic E-state index is 13.8. The Morgan fingerprint density at radius 3 is 2.88 bits per heavy atom. The van der Waals surface area contributed by atoms with Crippen molar-refractivity contribution in [1.29, 1.82) is 0 Å². The molecule has 5 heteroatoms. The summed E-state index contributed by atoms with van der Waals surface area (Å²) in [6.07, 6.45) is 3.13. The molecule has 138 valence electrons. The molecule has 1 amide bonds. The Hall–Kier alpha value is -2.40. The number of ether oxygens (including phenoxy) is 1. The molecule has 4 nitrogen and oxygen atoms in total. The Morgan fingerprint density at radius 1 is 1.31 bits per heavy atom. The van der Waals surface area contributed by atoms with Crippen LogP contribution in [0.1, 0.15) is 35.6 Å². The molecule has 3 rings (SSSR count). The van der Waals surface area contributed by atoms with E-state index in [1.54, 1.807) is 6.07 Å². The molecule has 2 aromatic rings. The summed E-state index contributed by atoms with van der Waals surface area (Å²) in [4.78, 5) is 14.3. The molecule has 0 aromatic heterocycles. The van der Waals surface area contributed by atoms with Crippen LogP contribution in [0, 0.1) is 5.82 Å². The van der Waals surface area contributed by atoms with E-state index in [9.17, 15) is 9.18 Å². The summed E-state index contributed by atoms with van der Waals surface area (Å²) in [5.74, 6) is -0.171. The fourth-order valence-electron chi connectivity index (χ4n) is 3.56. The van der Waals surface area contributed by atoms with Crippen LogP contribution >= 0.6 is 0 Å². The van der Waals surface area contributed by atoms with Gasteiger partial charge >= 0.3 is 0 Å². The van der Waals surface area contributed by atoms with Gasteiger partial charge in [-0.1, -0.05) is 30.3 Å². The fraction of sp³-hybridized carbons (Fsp3) is 0.381. The minimum absolute atomic E-state index is 0.0109. The normalized spacial score (nSPS) is 16.2. The highest BCUT2D eigenvalue weighted by Gasteiger charge is 2.21. The number of rotatable bonds is 6. The molecule has 0 bridgehead atoms. The number of hydrogen-bond donors (Lipinski definition) is 1. The van der Waals surface area contributed by atoms with Gasteiger partial charge in [0.1, 0.15) is 0 Å². The molecule has 26 heavy (non-hydrogen) atoms. The molecule has 0 saturated carbocycles. The van der Waals surface area contributed by atoms with Gasteiger partial charge in [0.25, 0.3) is 0 Å². The molecule has 0 heterocycles. The van der Waals surface area contributed by atoms with Crippen LogP contribution in [0.25, 0.3) is 0 Å². The minimum Gasteiger partial charge on any atom is -0.494 e. The van der Waals surface area contributed by atoms with Gasteiger partial charge in [0, 0.05) is 6.54 Å². The van der Waals surface area contributed by atoms with E-state index in [-0.39, 0.29) is 30.1 Å². The summed E-state index contributed by atoms with van der Waals surface area (Å²) in [5.41, 5.74) is 3.36. The summed E-state index contributed by atoms with van der Waals surface area (Å²) >= 11 is 0.